The number of hydrogen-bond acceptors (Lipinski definition) is 4. The summed E-state index contributed by atoms with van der Waals surface area (Å²) in [6, 6.07) is 19.2. The first-order chi connectivity index (χ1) is 14.6. The highest BCUT2D eigenvalue weighted by Crippen LogP contribution is 2.14. The van der Waals surface area contributed by atoms with E-state index in [1.54, 1.807) is 16.9 Å². The maximum Gasteiger partial charge on any atom is 0.407 e. The lowest BCUT2D eigenvalue weighted by Crippen LogP contribution is -2.26. The van der Waals surface area contributed by atoms with Gasteiger partial charge in [-0.3, -0.25) is 4.79 Å². The van der Waals surface area contributed by atoms with Crippen molar-refractivity contribution in [3.8, 4) is 0 Å². The van der Waals surface area contributed by atoms with Crippen molar-refractivity contribution in [3.05, 3.63) is 82.5 Å². The molecule has 3 rings (SSSR count). The fourth-order valence-corrected chi connectivity index (χ4v) is 3.01. The fourth-order valence-electron chi connectivity index (χ4n) is 2.75. The maximum absolute atomic E-state index is 12.2. The van der Waals surface area contributed by atoms with E-state index in [0.29, 0.717) is 25.3 Å². The second-order valence-corrected chi connectivity index (χ2v) is 7.56. The molecule has 3 aromatic rings. The Labute approximate surface area is 183 Å². The summed E-state index contributed by atoms with van der Waals surface area (Å²) >= 11 is 3.42. The fraction of sp³-hybridized carbons (Fsp3) is 0.227. The molecule has 0 aliphatic heterocycles. The molecule has 2 amide bonds. The lowest BCUT2D eigenvalue weighted by atomic mass is 10.2. The van der Waals surface area contributed by atoms with Crippen LogP contribution in [0.15, 0.2) is 71.3 Å². The molecule has 156 valence electrons. The van der Waals surface area contributed by atoms with E-state index in [1.807, 2.05) is 54.6 Å². The summed E-state index contributed by atoms with van der Waals surface area (Å²) in [6.45, 7) is 1.14. The van der Waals surface area contributed by atoms with Gasteiger partial charge in [-0.05, 0) is 29.7 Å². The van der Waals surface area contributed by atoms with Crippen LogP contribution < -0.4 is 10.6 Å². The van der Waals surface area contributed by atoms with Gasteiger partial charge in [0, 0.05) is 23.5 Å². The summed E-state index contributed by atoms with van der Waals surface area (Å²) in [6.07, 6.45) is 1.95. The third kappa shape index (κ3) is 7.04. The van der Waals surface area contributed by atoms with Gasteiger partial charge in [0.05, 0.1) is 12.7 Å². The average molecular weight is 471 g/mol. The average Bonchev–Trinajstić information content (AvgIpc) is 3.18. The van der Waals surface area contributed by atoms with Crippen LogP contribution in [0.5, 0.6) is 0 Å². The molecule has 0 unspecified atom stereocenters. The van der Waals surface area contributed by atoms with Crippen molar-refractivity contribution >= 4 is 33.7 Å². The van der Waals surface area contributed by atoms with Crippen molar-refractivity contribution in [1.29, 1.82) is 0 Å². The number of amides is 2. The SMILES string of the molecule is O=C(CCCNC(=O)OCc1ccccc1)Nc1ccnn1Cc1ccc(Br)cc1. The highest BCUT2D eigenvalue weighted by atomic mass is 79.9. The molecule has 1 heterocycles. The van der Waals surface area contributed by atoms with Crippen LogP contribution in [-0.2, 0) is 22.7 Å². The van der Waals surface area contributed by atoms with E-state index in [2.05, 4.69) is 31.7 Å². The van der Waals surface area contributed by atoms with Gasteiger partial charge in [0.15, 0.2) is 0 Å². The Morgan fingerprint density at radius 1 is 1.00 bits per heavy atom. The third-order valence-electron chi connectivity index (χ3n) is 4.29. The molecule has 0 fully saturated rings. The zero-order valence-corrected chi connectivity index (χ0v) is 18.0. The van der Waals surface area contributed by atoms with Crippen LogP contribution in [0.3, 0.4) is 0 Å². The standard InChI is InChI=1S/C22H23BrN4O3/c23-19-10-8-17(9-11-19)15-27-20(12-14-25-27)26-21(28)7-4-13-24-22(29)30-16-18-5-2-1-3-6-18/h1-3,5-6,8-12,14H,4,7,13,15-16H2,(H,24,29)(H,26,28). The molecule has 7 nitrogen and oxygen atoms in total. The molecule has 0 saturated carbocycles. The Morgan fingerprint density at radius 3 is 2.53 bits per heavy atom. The summed E-state index contributed by atoms with van der Waals surface area (Å²) in [5.41, 5.74) is 2.00. The van der Waals surface area contributed by atoms with Gasteiger partial charge in [0.1, 0.15) is 12.4 Å². The summed E-state index contributed by atoms with van der Waals surface area (Å²) in [7, 11) is 0. The van der Waals surface area contributed by atoms with Gasteiger partial charge in [-0.25, -0.2) is 9.48 Å². The van der Waals surface area contributed by atoms with Gasteiger partial charge in [-0.15, -0.1) is 0 Å². The summed E-state index contributed by atoms with van der Waals surface area (Å²) in [5, 5.41) is 9.79. The van der Waals surface area contributed by atoms with Gasteiger partial charge < -0.3 is 15.4 Å². The van der Waals surface area contributed by atoms with Gasteiger partial charge >= 0.3 is 6.09 Å². The molecule has 0 spiro atoms. The molecule has 8 heteroatoms. The smallest absolute Gasteiger partial charge is 0.407 e. The van der Waals surface area contributed by atoms with Crippen LogP contribution in [0, 0.1) is 0 Å². The number of benzene rings is 2. The van der Waals surface area contributed by atoms with Crippen LogP contribution in [0.2, 0.25) is 0 Å². The van der Waals surface area contributed by atoms with Crippen molar-refractivity contribution in [3.63, 3.8) is 0 Å². The monoisotopic (exact) mass is 470 g/mol. The normalized spacial score (nSPS) is 10.4. The number of carbonyl (C=O) groups excluding carboxylic acids is 2. The van der Waals surface area contributed by atoms with Crippen molar-refractivity contribution in [2.45, 2.75) is 26.0 Å². The second-order valence-electron chi connectivity index (χ2n) is 6.64. The molecule has 2 aromatic carbocycles. The van der Waals surface area contributed by atoms with Gasteiger partial charge in [0.2, 0.25) is 5.91 Å². The molecule has 0 aliphatic carbocycles. The molecule has 0 radical (unpaired) electrons. The Bertz CT molecular complexity index is 958. The zero-order chi connectivity index (χ0) is 21.2. The number of alkyl carbamates (subject to hydrolysis) is 1. The molecule has 0 bridgehead atoms. The number of halogens is 1. The minimum atomic E-state index is -0.494. The van der Waals surface area contributed by atoms with E-state index >= 15 is 0 Å². The molecular weight excluding hydrogens is 448 g/mol. The zero-order valence-electron chi connectivity index (χ0n) is 16.4. The predicted molar refractivity (Wildman–Crippen MR) is 118 cm³/mol. The third-order valence-corrected chi connectivity index (χ3v) is 4.82. The molecule has 1 aromatic heterocycles. The Kier molecular flexibility index (Phi) is 8.02. The van der Waals surface area contributed by atoms with Gasteiger partial charge in [-0.2, -0.15) is 5.10 Å². The number of rotatable bonds is 9. The minimum Gasteiger partial charge on any atom is -0.445 e. The first kappa shape index (κ1) is 21.6. The second kappa shape index (κ2) is 11.2. The first-order valence-electron chi connectivity index (χ1n) is 9.61. The summed E-state index contributed by atoms with van der Waals surface area (Å²) in [5.74, 6) is 0.505. The van der Waals surface area contributed by atoms with Crippen LogP contribution in [0.1, 0.15) is 24.0 Å². The first-order valence-corrected chi connectivity index (χ1v) is 10.4. The Balaban J connectivity index is 1.35. The van der Waals surface area contributed by atoms with E-state index in [1.165, 1.54) is 0 Å². The van der Waals surface area contributed by atoms with E-state index < -0.39 is 6.09 Å². The van der Waals surface area contributed by atoms with E-state index in [0.717, 1.165) is 15.6 Å². The van der Waals surface area contributed by atoms with E-state index in [4.69, 9.17) is 4.74 Å². The van der Waals surface area contributed by atoms with E-state index in [9.17, 15) is 9.59 Å². The molecular formula is C22H23BrN4O3. The van der Waals surface area contributed by atoms with Crippen LogP contribution in [0.25, 0.3) is 0 Å². The molecule has 0 aliphatic rings. The number of anilines is 1. The van der Waals surface area contributed by atoms with E-state index in [-0.39, 0.29) is 18.9 Å². The number of nitrogens with zero attached hydrogens (tertiary/aromatic N) is 2. The molecule has 30 heavy (non-hydrogen) atoms. The van der Waals surface area contributed by atoms with Crippen LogP contribution in [0.4, 0.5) is 10.6 Å². The minimum absolute atomic E-state index is 0.132. The Hall–Kier alpha value is -3.13. The Morgan fingerprint density at radius 2 is 1.77 bits per heavy atom. The number of hydrogen-bond donors (Lipinski definition) is 2. The number of carbonyl (C=O) groups is 2. The summed E-state index contributed by atoms with van der Waals surface area (Å²) in [4.78, 5) is 23.9. The van der Waals surface area contributed by atoms with Crippen molar-refractivity contribution in [1.82, 2.24) is 15.1 Å². The highest BCUT2D eigenvalue weighted by Gasteiger charge is 2.09. The highest BCUT2D eigenvalue weighted by molar-refractivity contribution is 9.10. The van der Waals surface area contributed by atoms with Crippen molar-refractivity contribution in [2.24, 2.45) is 0 Å². The quantitative estimate of drug-likeness (QED) is 0.455. The number of nitrogens with one attached hydrogen (secondary N) is 2. The number of aromatic nitrogens is 2. The summed E-state index contributed by atoms with van der Waals surface area (Å²) < 4.78 is 7.88. The topological polar surface area (TPSA) is 85.2 Å². The lowest BCUT2D eigenvalue weighted by Gasteiger charge is -2.10. The van der Waals surface area contributed by atoms with Crippen LogP contribution in [-0.4, -0.2) is 28.3 Å². The lowest BCUT2D eigenvalue weighted by molar-refractivity contribution is -0.116. The molecule has 2 N–H and O–H groups in total. The largest absolute Gasteiger partial charge is 0.445 e. The van der Waals surface area contributed by atoms with Crippen LogP contribution >= 0.6 is 15.9 Å². The number of ether oxygens (including phenoxy) is 1. The molecule has 0 saturated heterocycles. The van der Waals surface area contributed by atoms with Gasteiger partial charge in [-0.1, -0.05) is 58.4 Å². The predicted octanol–water partition coefficient (Wildman–Crippen LogP) is 4.34. The molecule has 0 atom stereocenters. The van der Waals surface area contributed by atoms with Gasteiger partial charge in [0.25, 0.3) is 0 Å². The van der Waals surface area contributed by atoms with Crippen molar-refractivity contribution < 1.29 is 14.3 Å². The maximum atomic E-state index is 12.2. The van der Waals surface area contributed by atoms with Crippen molar-refractivity contribution in [2.75, 3.05) is 11.9 Å².